The normalized spacial score (nSPS) is 12.4. The summed E-state index contributed by atoms with van der Waals surface area (Å²) in [4.78, 5) is 23.6. The van der Waals surface area contributed by atoms with Crippen molar-refractivity contribution in [3.05, 3.63) is 48.1 Å². The molecule has 1 amide bonds. The lowest BCUT2D eigenvalue weighted by atomic mass is 10.0. The predicted octanol–water partition coefficient (Wildman–Crippen LogP) is 6.02. The SMILES string of the molecule is CCCCC/C=C/C/C=C/CCCCCCCC(=O)N[C@@H](Cc1ccc(O)c(O)c1)C(=O)O. The molecule has 0 saturated carbocycles. The van der Waals surface area contributed by atoms with Crippen LogP contribution >= 0.6 is 0 Å². The molecule has 33 heavy (non-hydrogen) atoms. The van der Waals surface area contributed by atoms with Crippen molar-refractivity contribution < 1.29 is 24.9 Å². The Hall–Kier alpha value is -2.76. The topological polar surface area (TPSA) is 107 Å². The zero-order chi connectivity index (χ0) is 24.3. The lowest BCUT2D eigenvalue weighted by Gasteiger charge is -2.15. The summed E-state index contributed by atoms with van der Waals surface area (Å²) in [6.07, 6.45) is 21.4. The van der Waals surface area contributed by atoms with Gasteiger partial charge < -0.3 is 20.6 Å². The second-order valence-electron chi connectivity index (χ2n) is 8.47. The zero-order valence-corrected chi connectivity index (χ0v) is 20.0. The Labute approximate surface area is 198 Å². The molecule has 0 aliphatic rings. The first-order valence-corrected chi connectivity index (χ1v) is 12.3. The Balaban J connectivity index is 2.11. The number of allylic oxidation sites excluding steroid dienone is 4. The number of carbonyl (C=O) groups is 2. The van der Waals surface area contributed by atoms with Crippen LogP contribution in [0.2, 0.25) is 0 Å². The van der Waals surface area contributed by atoms with E-state index in [9.17, 15) is 24.9 Å². The first-order valence-electron chi connectivity index (χ1n) is 12.3. The van der Waals surface area contributed by atoms with E-state index in [1.165, 1.54) is 43.9 Å². The van der Waals surface area contributed by atoms with Crippen LogP contribution in [-0.4, -0.2) is 33.2 Å². The van der Waals surface area contributed by atoms with Gasteiger partial charge in [-0.05, 0) is 56.2 Å². The molecule has 4 N–H and O–H groups in total. The molecular formula is C27H41NO5. The average molecular weight is 460 g/mol. The Bertz CT molecular complexity index is 757. The maximum absolute atomic E-state index is 12.1. The molecular weight excluding hydrogens is 418 g/mol. The maximum atomic E-state index is 12.1. The summed E-state index contributed by atoms with van der Waals surface area (Å²) < 4.78 is 0. The van der Waals surface area contributed by atoms with Gasteiger partial charge in [-0.3, -0.25) is 4.79 Å². The van der Waals surface area contributed by atoms with Crippen molar-refractivity contribution in [2.45, 2.75) is 96.4 Å². The summed E-state index contributed by atoms with van der Waals surface area (Å²) in [5.74, 6) is -1.99. The fourth-order valence-electron chi connectivity index (χ4n) is 3.50. The van der Waals surface area contributed by atoms with Crippen LogP contribution in [0.3, 0.4) is 0 Å². The van der Waals surface area contributed by atoms with Gasteiger partial charge in [0.1, 0.15) is 6.04 Å². The smallest absolute Gasteiger partial charge is 0.326 e. The largest absolute Gasteiger partial charge is 0.504 e. The van der Waals surface area contributed by atoms with Crippen LogP contribution in [0, 0.1) is 0 Å². The molecule has 0 bridgehead atoms. The van der Waals surface area contributed by atoms with Crippen molar-refractivity contribution in [2.75, 3.05) is 0 Å². The van der Waals surface area contributed by atoms with E-state index in [1.54, 1.807) is 0 Å². The maximum Gasteiger partial charge on any atom is 0.326 e. The third kappa shape index (κ3) is 14.1. The molecule has 0 fully saturated rings. The average Bonchev–Trinajstić information content (AvgIpc) is 2.78. The van der Waals surface area contributed by atoms with Crippen molar-refractivity contribution in [1.29, 1.82) is 0 Å². The second kappa shape index (κ2) is 17.8. The van der Waals surface area contributed by atoms with Crippen LogP contribution in [0.5, 0.6) is 11.5 Å². The van der Waals surface area contributed by atoms with Crippen molar-refractivity contribution in [3.8, 4) is 11.5 Å². The number of unbranched alkanes of at least 4 members (excludes halogenated alkanes) is 8. The molecule has 0 aliphatic heterocycles. The number of aliphatic carboxylic acids is 1. The van der Waals surface area contributed by atoms with E-state index in [0.29, 0.717) is 12.0 Å². The number of carboxylic acid groups (broad SMARTS) is 1. The molecule has 0 heterocycles. The number of rotatable bonds is 18. The van der Waals surface area contributed by atoms with E-state index in [1.807, 2.05) is 0 Å². The third-order valence-electron chi connectivity index (χ3n) is 5.47. The summed E-state index contributed by atoms with van der Waals surface area (Å²) in [6, 6.07) is 3.06. The third-order valence-corrected chi connectivity index (χ3v) is 5.47. The fraction of sp³-hybridized carbons (Fsp3) is 0.556. The molecule has 6 nitrogen and oxygen atoms in total. The first-order chi connectivity index (χ1) is 15.9. The summed E-state index contributed by atoms with van der Waals surface area (Å²) in [5, 5.41) is 30.8. The molecule has 0 unspecified atom stereocenters. The Morgan fingerprint density at radius 3 is 2.15 bits per heavy atom. The number of hydrogen-bond acceptors (Lipinski definition) is 4. The van der Waals surface area contributed by atoms with Crippen LogP contribution in [0.25, 0.3) is 0 Å². The number of carboxylic acids is 1. The molecule has 0 aromatic heterocycles. The molecule has 0 aliphatic carbocycles. The highest BCUT2D eigenvalue weighted by Gasteiger charge is 2.20. The Morgan fingerprint density at radius 2 is 1.52 bits per heavy atom. The molecule has 0 saturated heterocycles. The van der Waals surface area contributed by atoms with E-state index < -0.39 is 12.0 Å². The first kappa shape index (κ1) is 28.3. The highest BCUT2D eigenvalue weighted by Crippen LogP contribution is 2.25. The van der Waals surface area contributed by atoms with Gasteiger partial charge >= 0.3 is 5.97 Å². The van der Waals surface area contributed by atoms with Crippen LogP contribution in [0.4, 0.5) is 0 Å². The van der Waals surface area contributed by atoms with E-state index >= 15 is 0 Å². The number of phenols is 2. The summed E-state index contributed by atoms with van der Waals surface area (Å²) in [5.41, 5.74) is 0.523. The minimum Gasteiger partial charge on any atom is -0.504 e. The summed E-state index contributed by atoms with van der Waals surface area (Å²) in [6.45, 7) is 2.22. The quantitative estimate of drug-likeness (QED) is 0.122. The molecule has 1 rings (SSSR count). The minimum absolute atomic E-state index is 0.0388. The van der Waals surface area contributed by atoms with Gasteiger partial charge in [0.2, 0.25) is 5.91 Å². The number of amides is 1. The number of hydrogen-bond donors (Lipinski definition) is 4. The van der Waals surface area contributed by atoms with Gasteiger partial charge in [0, 0.05) is 12.8 Å². The van der Waals surface area contributed by atoms with E-state index in [4.69, 9.17) is 0 Å². The van der Waals surface area contributed by atoms with Crippen molar-refractivity contribution >= 4 is 11.9 Å². The van der Waals surface area contributed by atoms with E-state index in [2.05, 4.69) is 36.5 Å². The van der Waals surface area contributed by atoms with Gasteiger partial charge in [0.05, 0.1) is 0 Å². The second-order valence-corrected chi connectivity index (χ2v) is 8.47. The van der Waals surface area contributed by atoms with Gasteiger partial charge in [-0.1, -0.05) is 69.4 Å². The summed E-state index contributed by atoms with van der Waals surface area (Å²) >= 11 is 0. The van der Waals surface area contributed by atoms with Gasteiger partial charge in [-0.15, -0.1) is 0 Å². The lowest BCUT2D eigenvalue weighted by Crippen LogP contribution is -2.42. The van der Waals surface area contributed by atoms with Crippen molar-refractivity contribution in [2.24, 2.45) is 0 Å². The molecule has 6 heteroatoms. The Morgan fingerprint density at radius 1 is 0.879 bits per heavy atom. The monoisotopic (exact) mass is 459 g/mol. The molecule has 1 aromatic carbocycles. The summed E-state index contributed by atoms with van der Waals surface area (Å²) in [7, 11) is 0. The number of phenolic OH excluding ortho intramolecular Hbond substituents is 2. The number of carbonyl (C=O) groups excluding carboxylic acids is 1. The zero-order valence-electron chi connectivity index (χ0n) is 20.0. The van der Waals surface area contributed by atoms with Crippen molar-refractivity contribution in [1.82, 2.24) is 5.32 Å². The molecule has 1 aromatic rings. The molecule has 0 radical (unpaired) electrons. The van der Waals surface area contributed by atoms with Crippen LogP contribution in [-0.2, 0) is 16.0 Å². The Kier molecular flexibility index (Phi) is 15.2. The van der Waals surface area contributed by atoms with Crippen LogP contribution in [0.15, 0.2) is 42.5 Å². The van der Waals surface area contributed by atoms with E-state index in [-0.39, 0.29) is 23.8 Å². The lowest BCUT2D eigenvalue weighted by molar-refractivity contribution is -0.141. The number of benzene rings is 1. The van der Waals surface area contributed by atoms with E-state index in [0.717, 1.165) is 44.9 Å². The minimum atomic E-state index is -1.13. The number of nitrogens with one attached hydrogen (secondary N) is 1. The fourth-order valence-corrected chi connectivity index (χ4v) is 3.50. The molecule has 0 spiro atoms. The predicted molar refractivity (Wildman–Crippen MR) is 132 cm³/mol. The number of aromatic hydroxyl groups is 2. The van der Waals surface area contributed by atoms with Gasteiger partial charge in [-0.2, -0.15) is 0 Å². The molecule has 184 valence electrons. The van der Waals surface area contributed by atoms with Gasteiger partial charge in [-0.25, -0.2) is 4.79 Å². The van der Waals surface area contributed by atoms with Gasteiger partial charge in [0.25, 0.3) is 0 Å². The highest BCUT2D eigenvalue weighted by atomic mass is 16.4. The van der Waals surface area contributed by atoms with Crippen LogP contribution < -0.4 is 5.32 Å². The van der Waals surface area contributed by atoms with Crippen LogP contribution in [0.1, 0.15) is 89.5 Å². The standard InChI is InChI=1S/C27H41NO5/c1-2-3-4-5-6-7-8-9-10-11-12-13-14-15-16-17-26(31)28-23(27(32)33)20-22-18-19-24(29)25(30)21-22/h6-7,9-10,18-19,21,23,29-30H,2-5,8,11-17,20H2,1H3,(H,28,31)(H,32,33)/b7-6+,10-9+/t23-/m0/s1. The molecule has 1 atom stereocenters. The van der Waals surface area contributed by atoms with Crippen molar-refractivity contribution in [3.63, 3.8) is 0 Å². The van der Waals surface area contributed by atoms with Gasteiger partial charge in [0.15, 0.2) is 11.5 Å². The highest BCUT2D eigenvalue weighted by molar-refractivity contribution is 5.83.